The molecule has 0 unspecified atom stereocenters. The molecular weight excluding hydrogens is 122 g/mol. The number of hydrogen-bond donors (Lipinski definition) is 0. The first-order chi connectivity index (χ1) is 4.68. The van der Waals surface area contributed by atoms with Crippen molar-refractivity contribution in [1.29, 1.82) is 0 Å². The van der Waals surface area contributed by atoms with Crippen molar-refractivity contribution >= 4 is 0 Å². The third kappa shape index (κ3) is 4.33. The first-order valence-corrected chi connectivity index (χ1v) is 3.66. The smallest absolute Gasteiger partial charge is 0.0165 e. The van der Waals surface area contributed by atoms with Crippen LogP contribution in [-0.4, -0.2) is 24.5 Å². The van der Waals surface area contributed by atoms with Crippen molar-refractivity contribution < 1.29 is 0 Å². The van der Waals surface area contributed by atoms with Gasteiger partial charge in [-0.15, -0.1) is 0 Å². The van der Waals surface area contributed by atoms with Gasteiger partial charge in [0, 0.05) is 12.6 Å². The van der Waals surface area contributed by atoms with E-state index in [1.54, 1.807) is 6.08 Å². The Morgan fingerprint density at radius 1 is 1.50 bits per heavy atom. The number of hydrogen-bond acceptors (Lipinski definition) is 1. The van der Waals surface area contributed by atoms with Gasteiger partial charge >= 0.3 is 0 Å². The SMILES string of the molecule is C=C/C=C\CN(C)C(C)C. The molecule has 0 aromatic rings. The molecule has 1 nitrogen and oxygen atoms in total. The fourth-order valence-corrected chi connectivity index (χ4v) is 0.534. The third-order valence-electron chi connectivity index (χ3n) is 1.55. The zero-order chi connectivity index (χ0) is 7.98. The lowest BCUT2D eigenvalue weighted by Crippen LogP contribution is -2.26. The molecule has 0 spiro atoms. The van der Waals surface area contributed by atoms with Crippen molar-refractivity contribution in [2.24, 2.45) is 0 Å². The number of allylic oxidation sites excluding steroid dienone is 2. The van der Waals surface area contributed by atoms with Gasteiger partial charge in [0.1, 0.15) is 0 Å². The predicted molar refractivity (Wildman–Crippen MR) is 47.1 cm³/mol. The molecule has 0 rings (SSSR count). The van der Waals surface area contributed by atoms with E-state index < -0.39 is 0 Å². The van der Waals surface area contributed by atoms with Gasteiger partial charge in [0.25, 0.3) is 0 Å². The molecule has 58 valence electrons. The summed E-state index contributed by atoms with van der Waals surface area (Å²) in [5.41, 5.74) is 0. The summed E-state index contributed by atoms with van der Waals surface area (Å²) in [5, 5.41) is 0. The van der Waals surface area contributed by atoms with E-state index in [9.17, 15) is 0 Å². The van der Waals surface area contributed by atoms with Crippen LogP contribution in [0.5, 0.6) is 0 Å². The second-order valence-electron chi connectivity index (χ2n) is 2.70. The first kappa shape index (κ1) is 9.44. The molecule has 0 N–H and O–H groups in total. The van der Waals surface area contributed by atoms with E-state index in [1.165, 1.54) is 0 Å². The minimum Gasteiger partial charge on any atom is -0.300 e. The highest BCUT2D eigenvalue weighted by atomic mass is 15.1. The Labute approximate surface area is 64.0 Å². The molecular formula is C9H17N. The van der Waals surface area contributed by atoms with E-state index in [0.717, 1.165) is 6.54 Å². The maximum atomic E-state index is 3.60. The molecule has 0 saturated carbocycles. The molecule has 0 bridgehead atoms. The van der Waals surface area contributed by atoms with E-state index in [1.807, 2.05) is 6.08 Å². The third-order valence-corrected chi connectivity index (χ3v) is 1.55. The van der Waals surface area contributed by atoms with E-state index in [4.69, 9.17) is 0 Å². The van der Waals surface area contributed by atoms with Crippen LogP contribution in [0.3, 0.4) is 0 Å². The average Bonchev–Trinajstić information content (AvgIpc) is 1.88. The number of nitrogens with zero attached hydrogens (tertiary/aromatic N) is 1. The second kappa shape index (κ2) is 5.24. The molecule has 10 heavy (non-hydrogen) atoms. The molecule has 0 aliphatic rings. The minimum atomic E-state index is 0.620. The minimum absolute atomic E-state index is 0.620. The number of rotatable bonds is 4. The highest BCUT2D eigenvalue weighted by Gasteiger charge is 1.97. The van der Waals surface area contributed by atoms with Crippen LogP contribution in [0.4, 0.5) is 0 Å². The van der Waals surface area contributed by atoms with E-state index in [0.29, 0.717) is 6.04 Å². The van der Waals surface area contributed by atoms with Crippen molar-refractivity contribution in [3.8, 4) is 0 Å². The van der Waals surface area contributed by atoms with Crippen LogP contribution in [0.25, 0.3) is 0 Å². The van der Waals surface area contributed by atoms with Gasteiger partial charge in [0.15, 0.2) is 0 Å². The van der Waals surface area contributed by atoms with Crippen LogP contribution in [-0.2, 0) is 0 Å². The fourth-order valence-electron chi connectivity index (χ4n) is 0.534. The monoisotopic (exact) mass is 139 g/mol. The van der Waals surface area contributed by atoms with Crippen LogP contribution in [0.1, 0.15) is 13.8 Å². The summed E-state index contributed by atoms with van der Waals surface area (Å²) in [6.45, 7) is 8.97. The summed E-state index contributed by atoms with van der Waals surface area (Å²) in [6, 6.07) is 0.620. The summed E-state index contributed by atoms with van der Waals surface area (Å²) in [6.07, 6.45) is 5.88. The van der Waals surface area contributed by atoms with Crippen LogP contribution in [0, 0.1) is 0 Å². The molecule has 0 aromatic heterocycles. The normalized spacial score (nSPS) is 11.7. The molecule has 0 heterocycles. The topological polar surface area (TPSA) is 3.24 Å². The molecule has 0 aliphatic carbocycles. The maximum absolute atomic E-state index is 3.60. The summed E-state index contributed by atoms with van der Waals surface area (Å²) in [5.74, 6) is 0. The first-order valence-electron chi connectivity index (χ1n) is 3.66. The molecule has 1 heteroatoms. The highest BCUT2D eigenvalue weighted by Crippen LogP contribution is 1.92. The summed E-state index contributed by atoms with van der Waals surface area (Å²) >= 11 is 0. The molecule has 0 aliphatic heterocycles. The van der Waals surface area contributed by atoms with Gasteiger partial charge in [0.05, 0.1) is 0 Å². The van der Waals surface area contributed by atoms with Crippen molar-refractivity contribution in [3.05, 3.63) is 24.8 Å². The van der Waals surface area contributed by atoms with E-state index in [-0.39, 0.29) is 0 Å². The Morgan fingerprint density at radius 2 is 2.10 bits per heavy atom. The lowest BCUT2D eigenvalue weighted by molar-refractivity contribution is 0.303. The van der Waals surface area contributed by atoms with Crippen LogP contribution < -0.4 is 0 Å². The molecule has 0 radical (unpaired) electrons. The average molecular weight is 139 g/mol. The number of likely N-dealkylation sites (N-methyl/N-ethyl adjacent to an activating group) is 1. The Morgan fingerprint density at radius 3 is 2.50 bits per heavy atom. The molecule has 0 amide bonds. The van der Waals surface area contributed by atoms with Crippen molar-refractivity contribution in [1.82, 2.24) is 4.90 Å². The van der Waals surface area contributed by atoms with Crippen molar-refractivity contribution in [2.45, 2.75) is 19.9 Å². The summed E-state index contributed by atoms with van der Waals surface area (Å²) in [7, 11) is 2.11. The van der Waals surface area contributed by atoms with Crippen molar-refractivity contribution in [2.75, 3.05) is 13.6 Å². The summed E-state index contributed by atoms with van der Waals surface area (Å²) in [4.78, 5) is 2.26. The zero-order valence-corrected chi connectivity index (χ0v) is 7.17. The van der Waals surface area contributed by atoms with Gasteiger partial charge in [-0.3, -0.25) is 0 Å². The van der Waals surface area contributed by atoms with Crippen LogP contribution >= 0.6 is 0 Å². The second-order valence-corrected chi connectivity index (χ2v) is 2.70. The Kier molecular flexibility index (Phi) is 4.95. The Balaban J connectivity index is 3.48. The molecule has 0 saturated heterocycles. The Hall–Kier alpha value is -0.560. The quantitative estimate of drug-likeness (QED) is 0.539. The van der Waals surface area contributed by atoms with Gasteiger partial charge in [-0.1, -0.05) is 24.8 Å². The maximum Gasteiger partial charge on any atom is 0.0165 e. The van der Waals surface area contributed by atoms with Crippen LogP contribution in [0.2, 0.25) is 0 Å². The van der Waals surface area contributed by atoms with Crippen LogP contribution in [0.15, 0.2) is 24.8 Å². The molecule has 0 atom stereocenters. The zero-order valence-electron chi connectivity index (χ0n) is 7.17. The lowest BCUT2D eigenvalue weighted by atomic mass is 10.3. The van der Waals surface area contributed by atoms with E-state index >= 15 is 0 Å². The van der Waals surface area contributed by atoms with Gasteiger partial charge < -0.3 is 4.90 Å². The van der Waals surface area contributed by atoms with Crippen molar-refractivity contribution in [3.63, 3.8) is 0 Å². The largest absolute Gasteiger partial charge is 0.300 e. The van der Waals surface area contributed by atoms with Gasteiger partial charge in [-0.2, -0.15) is 0 Å². The Bertz CT molecular complexity index is 114. The molecule has 0 aromatic carbocycles. The molecule has 0 fully saturated rings. The summed E-state index contributed by atoms with van der Waals surface area (Å²) < 4.78 is 0. The van der Waals surface area contributed by atoms with Gasteiger partial charge in [-0.25, -0.2) is 0 Å². The highest BCUT2D eigenvalue weighted by molar-refractivity contribution is 4.98. The van der Waals surface area contributed by atoms with Gasteiger partial charge in [0.2, 0.25) is 0 Å². The predicted octanol–water partition coefficient (Wildman–Crippen LogP) is 2.07. The standard InChI is InChI=1S/C9H17N/c1-5-6-7-8-10(4)9(2)3/h5-7,9H,1,8H2,2-4H3/b7-6-. The van der Waals surface area contributed by atoms with Gasteiger partial charge in [-0.05, 0) is 20.9 Å². The fraction of sp³-hybridized carbons (Fsp3) is 0.556. The van der Waals surface area contributed by atoms with E-state index in [2.05, 4.69) is 38.5 Å². The lowest BCUT2D eigenvalue weighted by Gasteiger charge is -2.18.